The van der Waals surface area contributed by atoms with E-state index in [2.05, 4.69) is 34.4 Å². The van der Waals surface area contributed by atoms with Crippen molar-refractivity contribution < 1.29 is 10.2 Å². The molecule has 4 rings (SSSR count). The first kappa shape index (κ1) is 18.0. The first-order chi connectivity index (χ1) is 13.7. The van der Waals surface area contributed by atoms with Crippen LogP contribution in [-0.2, 0) is 0 Å². The van der Waals surface area contributed by atoms with Gasteiger partial charge in [0, 0.05) is 23.1 Å². The lowest BCUT2D eigenvalue weighted by atomic mass is 10.0. The van der Waals surface area contributed by atoms with Crippen molar-refractivity contribution in [1.82, 2.24) is 4.68 Å². The average molecular weight is 389 g/mol. The van der Waals surface area contributed by atoms with E-state index in [4.69, 9.17) is 0 Å². The van der Waals surface area contributed by atoms with Gasteiger partial charge in [0.2, 0.25) is 4.80 Å². The Labute approximate surface area is 166 Å². The summed E-state index contributed by atoms with van der Waals surface area (Å²) in [5, 5.41) is 28.7. The molecule has 0 atom stereocenters. The van der Waals surface area contributed by atoms with Gasteiger partial charge in [-0.25, -0.2) is 4.68 Å². The number of fused-ring (bicyclic) bond motifs is 1. The number of aromatic hydroxyl groups is 2. The molecular weight excluding hydrogens is 370 g/mol. The minimum atomic E-state index is -0.192. The molecule has 4 aromatic rings. The number of rotatable bonds is 4. The maximum Gasteiger partial charge on any atom is 0.206 e. The summed E-state index contributed by atoms with van der Waals surface area (Å²) in [5.74, 6) is -0.366. The van der Waals surface area contributed by atoms with Crippen LogP contribution in [0.15, 0.2) is 76.1 Å². The van der Waals surface area contributed by atoms with Crippen molar-refractivity contribution in [2.24, 2.45) is 10.1 Å². The summed E-state index contributed by atoms with van der Waals surface area (Å²) in [5.41, 5.74) is 2.42. The third kappa shape index (κ3) is 3.30. The highest BCUT2D eigenvalue weighted by Gasteiger charge is 2.11. The molecule has 0 fully saturated rings. The van der Waals surface area contributed by atoms with E-state index in [0.29, 0.717) is 12.1 Å². The van der Waals surface area contributed by atoms with Crippen LogP contribution in [0.1, 0.15) is 12.5 Å². The van der Waals surface area contributed by atoms with Gasteiger partial charge in [-0.2, -0.15) is 5.10 Å². The fraction of sp³-hybridized carbons (Fsp3) is 0.0909. The third-order valence-electron chi connectivity index (χ3n) is 4.40. The molecule has 0 saturated carbocycles. The van der Waals surface area contributed by atoms with Gasteiger partial charge in [0.1, 0.15) is 0 Å². The van der Waals surface area contributed by atoms with Gasteiger partial charge in [-0.15, -0.1) is 11.3 Å². The molecule has 28 heavy (non-hydrogen) atoms. The Balaban J connectivity index is 1.90. The van der Waals surface area contributed by atoms with Gasteiger partial charge in [0.05, 0.1) is 11.9 Å². The number of aromatic nitrogens is 1. The van der Waals surface area contributed by atoms with E-state index >= 15 is 0 Å². The Kier molecular flexibility index (Phi) is 4.95. The summed E-state index contributed by atoms with van der Waals surface area (Å²) >= 11 is 1.52. The molecule has 0 saturated heterocycles. The largest absolute Gasteiger partial charge is 0.504 e. The van der Waals surface area contributed by atoms with Crippen molar-refractivity contribution in [3.05, 3.63) is 76.4 Å². The number of nitrogens with zero attached hydrogens (tertiary/aromatic N) is 3. The number of phenols is 2. The second-order valence-corrected chi connectivity index (χ2v) is 7.01. The minimum absolute atomic E-state index is 0.174. The van der Waals surface area contributed by atoms with Crippen LogP contribution in [0.4, 0.5) is 0 Å². The molecule has 5 nitrogen and oxygen atoms in total. The van der Waals surface area contributed by atoms with Crippen LogP contribution in [0.3, 0.4) is 0 Å². The van der Waals surface area contributed by atoms with Gasteiger partial charge in [0.25, 0.3) is 0 Å². The van der Waals surface area contributed by atoms with Crippen molar-refractivity contribution in [1.29, 1.82) is 0 Å². The molecule has 6 heteroatoms. The highest BCUT2D eigenvalue weighted by molar-refractivity contribution is 7.07. The quantitative estimate of drug-likeness (QED) is 0.396. The summed E-state index contributed by atoms with van der Waals surface area (Å²) < 4.78 is 1.78. The lowest BCUT2D eigenvalue weighted by Gasteiger charge is -2.08. The Morgan fingerprint density at radius 2 is 1.79 bits per heavy atom. The number of hydrogen-bond acceptors (Lipinski definition) is 5. The number of benzene rings is 3. The van der Waals surface area contributed by atoms with E-state index in [1.54, 1.807) is 16.8 Å². The van der Waals surface area contributed by atoms with Crippen molar-refractivity contribution in [2.45, 2.75) is 6.92 Å². The summed E-state index contributed by atoms with van der Waals surface area (Å²) in [7, 11) is 0. The molecule has 1 heterocycles. The summed E-state index contributed by atoms with van der Waals surface area (Å²) in [4.78, 5) is 5.31. The SMILES string of the molecule is CCN=c1scc(-c2cccc3ccccc23)n1N=Cc1cccc(O)c1O. The highest BCUT2D eigenvalue weighted by Crippen LogP contribution is 2.30. The van der Waals surface area contributed by atoms with Gasteiger partial charge in [-0.3, -0.25) is 4.99 Å². The maximum absolute atomic E-state index is 10.1. The summed E-state index contributed by atoms with van der Waals surface area (Å²) in [6.45, 7) is 2.62. The van der Waals surface area contributed by atoms with Gasteiger partial charge in [-0.05, 0) is 29.8 Å². The van der Waals surface area contributed by atoms with Crippen LogP contribution in [0.2, 0.25) is 0 Å². The molecule has 1 aromatic heterocycles. The molecular formula is C22H19N3O2S. The topological polar surface area (TPSA) is 70.1 Å². The molecule has 0 amide bonds. The van der Waals surface area contributed by atoms with Crippen molar-refractivity contribution >= 4 is 28.3 Å². The predicted molar refractivity (Wildman–Crippen MR) is 114 cm³/mol. The van der Waals surface area contributed by atoms with E-state index in [0.717, 1.165) is 26.8 Å². The zero-order chi connectivity index (χ0) is 19.5. The summed E-state index contributed by atoms with van der Waals surface area (Å²) in [6.07, 6.45) is 1.53. The van der Waals surface area contributed by atoms with E-state index in [-0.39, 0.29) is 11.5 Å². The lowest BCUT2D eigenvalue weighted by Crippen LogP contribution is -2.12. The first-order valence-electron chi connectivity index (χ1n) is 8.93. The third-order valence-corrected chi connectivity index (χ3v) is 5.26. The van der Waals surface area contributed by atoms with Gasteiger partial charge >= 0.3 is 0 Å². The summed E-state index contributed by atoms with van der Waals surface area (Å²) in [6, 6.07) is 19.2. The van der Waals surface area contributed by atoms with E-state index in [1.165, 1.54) is 23.6 Å². The molecule has 3 aromatic carbocycles. The number of hydrogen-bond donors (Lipinski definition) is 2. The maximum atomic E-state index is 10.1. The van der Waals surface area contributed by atoms with Crippen LogP contribution < -0.4 is 4.80 Å². The molecule has 0 aliphatic carbocycles. The molecule has 0 radical (unpaired) electrons. The van der Waals surface area contributed by atoms with Crippen LogP contribution in [0.5, 0.6) is 11.5 Å². The number of phenolic OH excluding ortho intramolecular Hbond substituents is 2. The van der Waals surface area contributed by atoms with Gasteiger partial charge in [0.15, 0.2) is 11.5 Å². The Morgan fingerprint density at radius 3 is 2.64 bits per heavy atom. The molecule has 2 N–H and O–H groups in total. The molecule has 0 aliphatic heterocycles. The van der Waals surface area contributed by atoms with E-state index in [9.17, 15) is 10.2 Å². The van der Waals surface area contributed by atoms with Crippen LogP contribution in [-0.4, -0.2) is 27.6 Å². The fourth-order valence-electron chi connectivity index (χ4n) is 3.06. The first-order valence-corrected chi connectivity index (χ1v) is 9.81. The second kappa shape index (κ2) is 7.70. The molecule has 0 aliphatic rings. The minimum Gasteiger partial charge on any atom is -0.504 e. The normalized spacial score (nSPS) is 12.2. The van der Waals surface area contributed by atoms with Gasteiger partial charge < -0.3 is 10.2 Å². The van der Waals surface area contributed by atoms with Crippen LogP contribution in [0, 0.1) is 0 Å². The molecule has 0 spiro atoms. The van der Waals surface area contributed by atoms with Crippen LogP contribution in [0.25, 0.3) is 22.0 Å². The molecule has 140 valence electrons. The highest BCUT2D eigenvalue weighted by atomic mass is 32.1. The fourth-order valence-corrected chi connectivity index (χ4v) is 3.95. The Morgan fingerprint density at radius 1 is 1.00 bits per heavy atom. The van der Waals surface area contributed by atoms with Crippen molar-refractivity contribution in [2.75, 3.05) is 6.54 Å². The molecule has 0 bridgehead atoms. The monoisotopic (exact) mass is 389 g/mol. The van der Waals surface area contributed by atoms with Crippen molar-refractivity contribution in [3.8, 4) is 22.8 Å². The second-order valence-electron chi connectivity index (χ2n) is 6.18. The van der Waals surface area contributed by atoms with Crippen LogP contribution >= 0.6 is 11.3 Å². The van der Waals surface area contributed by atoms with Gasteiger partial charge in [-0.1, -0.05) is 48.5 Å². The predicted octanol–water partition coefficient (Wildman–Crippen LogP) is 4.58. The van der Waals surface area contributed by atoms with E-state index < -0.39 is 0 Å². The standard InChI is InChI=1S/C22H19N3O2S/c1-2-23-22-25(24-13-16-9-6-12-20(26)21(16)27)19(14-28-22)18-11-5-8-15-7-3-4-10-17(15)18/h3-14,26-27H,2H2,1H3. The molecule has 0 unspecified atom stereocenters. The Bertz CT molecular complexity index is 1230. The van der Waals surface area contributed by atoms with Crippen molar-refractivity contribution in [3.63, 3.8) is 0 Å². The smallest absolute Gasteiger partial charge is 0.206 e. The lowest BCUT2D eigenvalue weighted by molar-refractivity contribution is 0.403. The zero-order valence-corrected chi connectivity index (χ0v) is 16.1. The Hall–Kier alpha value is -3.38. The average Bonchev–Trinajstić information content (AvgIpc) is 3.11. The van der Waals surface area contributed by atoms with E-state index in [1.807, 2.05) is 30.5 Å². The number of para-hydroxylation sites is 1. The zero-order valence-electron chi connectivity index (χ0n) is 15.3. The number of thiazole rings is 1.